The smallest absolute Gasteiger partial charge is 0.156 e. The number of hydrogen-bond acceptors (Lipinski definition) is 4. The fraction of sp³-hybridized carbons (Fsp3) is 0.400. The number of aliphatic hydroxyl groups excluding tert-OH is 1. The van der Waals surface area contributed by atoms with Crippen LogP contribution < -0.4 is 4.74 Å². The lowest BCUT2D eigenvalue weighted by Gasteiger charge is -2.15. The lowest BCUT2D eigenvalue weighted by Crippen LogP contribution is -2.29. The first-order valence-electron chi connectivity index (χ1n) is 4.87. The van der Waals surface area contributed by atoms with Crippen LogP contribution in [0.1, 0.15) is 0 Å². The Morgan fingerprint density at radius 1 is 1.41 bits per heavy atom. The number of benzene rings is 1. The van der Waals surface area contributed by atoms with Gasteiger partial charge in [0.15, 0.2) is 9.84 Å². The van der Waals surface area contributed by atoms with Crippen molar-refractivity contribution in [1.82, 2.24) is 0 Å². The van der Waals surface area contributed by atoms with E-state index < -0.39 is 27.9 Å². The molecule has 2 rings (SSSR count). The summed E-state index contributed by atoms with van der Waals surface area (Å²) >= 11 is 3.00. The molecule has 0 amide bonds. The minimum absolute atomic E-state index is 0.219. The van der Waals surface area contributed by atoms with Gasteiger partial charge in [-0.15, -0.1) is 0 Å². The Balaban J connectivity index is 2.14. The Kier molecular flexibility index (Phi) is 3.42. The van der Waals surface area contributed by atoms with Gasteiger partial charge in [-0.05, 0) is 34.1 Å². The van der Waals surface area contributed by atoms with Crippen molar-refractivity contribution < 1.29 is 22.7 Å². The van der Waals surface area contributed by atoms with Crippen LogP contribution in [-0.4, -0.2) is 37.2 Å². The van der Waals surface area contributed by atoms with Crippen molar-refractivity contribution in [3.05, 3.63) is 28.5 Å². The van der Waals surface area contributed by atoms with Crippen molar-refractivity contribution in [3.63, 3.8) is 0 Å². The molecule has 2 atom stereocenters. The first kappa shape index (κ1) is 12.8. The van der Waals surface area contributed by atoms with Crippen LogP contribution in [0.2, 0.25) is 0 Å². The number of hydrogen-bond donors (Lipinski definition) is 1. The third-order valence-corrected chi connectivity index (χ3v) is 4.74. The molecule has 0 aromatic heterocycles. The minimum Gasteiger partial charge on any atom is -0.487 e. The molecule has 94 valence electrons. The Morgan fingerprint density at radius 3 is 2.65 bits per heavy atom. The molecule has 1 N–H and O–H groups in total. The van der Waals surface area contributed by atoms with Gasteiger partial charge in [0.1, 0.15) is 23.8 Å². The van der Waals surface area contributed by atoms with Crippen molar-refractivity contribution in [2.45, 2.75) is 12.2 Å². The van der Waals surface area contributed by atoms with E-state index in [-0.39, 0.29) is 16.0 Å². The number of sulfone groups is 1. The average Bonchev–Trinajstić information content (AvgIpc) is 2.46. The summed E-state index contributed by atoms with van der Waals surface area (Å²) < 4.78 is 41.0. The van der Waals surface area contributed by atoms with Crippen LogP contribution in [0.25, 0.3) is 0 Å². The van der Waals surface area contributed by atoms with E-state index in [1.165, 1.54) is 18.2 Å². The molecule has 1 aromatic carbocycles. The summed E-state index contributed by atoms with van der Waals surface area (Å²) in [5, 5.41) is 9.52. The maximum Gasteiger partial charge on any atom is 0.156 e. The largest absolute Gasteiger partial charge is 0.487 e. The van der Waals surface area contributed by atoms with Crippen LogP contribution in [-0.2, 0) is 9.84 Å². The molecule has 1 aliphatic rings. The zero-order valence-electron chi connectivity index (χ0n) is 8.64. The van der Waals surface area contributed by atoms with Gasteiger partial charge in [0.25, 0.3) is 0 Å². The maximum absolute atomic E-state index is 13.0. The molecule has 1 fully saturated rings. The minimum atomic E-state index is -3.24. The molecule has 1 saturated heterocycles. The van der Waals surface area contributed by atoms with Gasteiger partial charge in [-0.25, -0.2) is 12.8 Å². The number of aliphatic hydroxyl groups is 1. The van der Waals surface area contributed by atoms with Crippen LogP contribution in [0.15, 0.2) is 22.7 Å². The zero-order chi connectivity index (χ0) is 12.6. The van der Waals surface area contributed by atoms with E-state index in [0.717, 1.165) is 0 Å². The second-order valence-corrected chi connectivity index (χ2v) is 6.88. The standard InChI is InChI=1S/C10H10BrFO4S/c11-7-3-6(1-2-8(7)12)16-10-5-17(14,15)4-9(10)13/h1-3,9-10,13H,4-5H2. The van der Waals surface area contributed by atoms with Crippen LogP contribution >= 0.6 is 15.9 Å². The first-order valence-corrected chi connectivity index (χ1v) is 7.49. The van der Waals surface area contributed by atoms with Crippen molar-refractivity contribution in [3.8, 4) is 5.75 Å². The number of ether oxygens (including phenoxy) is 1. The van der Waals surface area contributed by atoms with E-state index in [1.807, 2.05) is 0 Å². The Morgan fingerprint density at radius 2 is 2.12 bits per heavy atom. The molecule has 17 heavy (non-hydrogen) atoms. The van der Waals surface area contributed by atoms with Crippen LogP contribution in [0, 0.1) is 5.82 Å². The summed E-state index contributed by atoms with van der Waals surface area (Å²) in [7, 11) is -3.24. The number of halogens is 2. The third-order valence-electron chi connectivity index (χ3n) is 2.45. The number of rotatable bonds is 2. The topological polar surface area (TPSA) is 63.6 Å². The second-order valence-electron chi connectivity index (χ2n) is 3.88. The molecule has 0 aliphatic carbocycles. The molecular formula is C10H10BrFO4S. The molecule has 1 heterocycles. The van der Waals surface area contributed by atoms with E-state index in [2.05, 4.69) is 15.9 Å². The van der Waals surface area contributed by atoms with Crippen molar-refractivity contribution >= 4 is 25.8 Å². The average molecular weight is 325 g/mol. The van der Waals surface area contributed by atoms with Crippen molar-refractivity contribution in [1.29, 1.82) is 0 Å². The SMILES string of the molecule is O=S1(=O)CC(O)C(Oc2ccc(F)c(Br)c2)C1. The summed E-state index contributed by atoms with van der Waals surface area (Å²) in [4.78, 5) is 0. The molecule has 0 bridgehead atoms. The summed E-state index contributed by atoms with van der Waals surface area (Å²) in [6.07, 6.45) is -1.83. The highest BCUT2D eigenvalue weighted by atomic mass is 79.9. The van der Waals surface area contributed by atoms with Gasteiger partial charge in [-0.3, -0.25) is 0 Å². The van der Waals surface area contributed by atoms with Crippen molar-refractivity contribution in [2.24, 2.45) is 0 Å². The normalized spacial score (nSPS) is 27.0. The Bertz CT molecular complexity index is 531. The summed E-state index contributed by atoms with van der Waals surface area (Å²) in [6.45, 7) is 0. The molecule has 4 nitrogen and oxygen atoms in total. The van der Waals surface area contributed by atoms with Gasteiger partial charge >= 0.3 is 0 Å². The van der Waals surface area contributed by atoms with Crippen molar-refractivity contribution in [2.75, 3.05) is 11.5 Å². The predicted octanol–water partition coefficient (Wildman–Crippen LogP) is 1.12. The van der Waals surface area contributed by atoms with Gasteiger partial charge < -0.3 is 9.84 Å². The molecule has 1 aromatic rings. The van der Waals surface area contributed by atoms with E-state index in [4.69, 9.17) is 4.74 Å². The second kappa shape index (κ2) is 4.55. The van der Waals surface area contributed by atoms with Gasteiger partial charge in [-0.2, -0.15) is 0 Å². The van der Waals surface area contributed by atoms with Gasteiger partial charge in [0.2, 0.25) is 0 Å². The zero-order valence-corrected chi connectivity index (χ0v) is 11.0. The van der Waals surface area contributed by atoms with Crippen LogP contribution in [0.5, 0.6) is 5.75 Å². The monoisotopic (exact) mass is 324 g/mol. The molecule has 0 saturated carbocycles. The lowest BCUT2D eigenvalue weighted by molar-refractivity contribution is 0.0737. The fourth-order valence-corrected chi connectivity index (χ4v) is 3.65. The van der Waals surface area contributed by atoms with E-state index in [0.29, 0.717) is 5.75 Å². The maximum atomic E-state index is 13.0. The summed E-state index contributed by atoms with van der Waals surface area (Å²) in [5.41, 5.74) is 0. The Labute approximate surface area is 106 Å². The molecule has 2 unspecified atom stereocenters. The van der Waals surface area contributed by atoms with Gasteiger partial charge in [-0.1, -0.05) is 0 Å². The summed E-state index contributed by atoms with van der Waals surface area (Å²) in [5.74, 6) is -0.625. The van der Waals surface area contributed by atoms with Crippen LogP contribution in [0.3, 0.4) is 0 Å². The molecule has 1 aliphatic heterocycles. The third kappa shape index (κ3) is 2.97. The van der Waals surface area contributed by atoms with Crippen LogP contribution in [0.4, 0.5) is 4.39 Å². The molecule has 0 spiro atoms. The highest BCUT2D eigenvalue weighted by Crippen LogP contribution is 2.25. The first-order chi connectivity index (χ1) is 7.87. The van der Waals surface area contributed by atoms with Gasteiger partial charge in [0, 0.05) is 0 Å². The highest BCUT2D eigenvalue weighted by molar-refractivity contribution is 9.10. The molecule has 0 radical (unpaired) electrons. The van der Waals surface area contributed by atoms with E-state index in [1.54, 1.807) is 0 Å². The quantitative estimate of drug-likeness (QED) is 0.885. The predicted molar refractivity (Wildman–Crippen MR) is 63.2 cm³/mol. The van der Waals surface area contributed by atoms with Gasteiger partial charge in [0.05, 0.1) is 16.0 Å². The highest BCUT2D eigenvalue weighted by Gasteiger charge is 2.38. The fourth-order valence-electron chi connectivity index (χ4n) is 1.63. The molecular weight excluding hydrogens is 315 g/mol. The lowest BCUT2D eigenvalue weighted by atomic mass is 10.2. The summed E-state index contributed by atoms with van der Waals surface area (Å²) in [6, 6.07) is 3.99. The van der Waals surface area contributed by atoms with E-state index in [9.17, 15) is 17.9 Å². The molecule has 7 heteroatoms. The Hall–Kier alpha value is -0.660. The van der Waals surface area contributed by atoms with E-state index >= 15 is 0 Å².